The zero-order valence-electron chi connectivity index (χ0n) is 9.12. The standard InChI is InChI=1S/C11H21NO2/c1-4-7-10(5-2)12-8-11(13)9-14-6-3/h2,10-13H,4,6-9H2,1,3H3. The molecule has 2 N–H and O–H groups in total. The molecular formula is C11H21NO2. The van der Waals surface area contributed by atoms with Crippen LogP contribution in [-0.4, -0.2) is 37.0 Å². The smallest absolute Gasteiger partial charge is 0.0898 e. The number of ether oxygens (including phenoxy) is 1. The second kappa shape index (κ2) is 9.01. The van der Waals surface area contributed by atoms with Crippen LogP contribution in [0.4, 0.5) is 0 Å². The number of hydrogen-bond donors (Lipinski definition) is 2. The summed E-state index contributed by atoms with van der Waals surface area (Å²) in [5.41, 5.74) is 0. The van der Waals surface area contributed by atoms with E-state index in [1.54, 1.807) is 0 Å². The predicted octanol–water partition coefficient (Wildman–Crippen LogP) is 0.775. The Morgan fingerprint density at radius 3 is 2.71 bits per heavy atom. The molecular weight excluding hydrogens is 178 g/mol. The molecule has 2 atom stereocenters. The second-order valence-electron chi connectivity index (χ2n) is 3.23. The Labute approximate surface area is 86.8 Å². The van der Waals surface area contributed by atoms with Gasteiger partial charge >= 0.3 is 0 Å². The summed E-state index contributed by atoms with van der Waals surface area (Å²) in [6, 6.07) is 0.0660. The Bertz CT molecular complexity index is 165. The number of aliphatic hydroxyl groups is 1. The lowest BCUT2D eigenvalue weighted by molar-refractivity contribution is 0.0421. The van der Waals surface area contributed by atoms with Crippen LogP contribution in [-0.2, 0) is 4.74 Å². The van der Waals surface area contributed by atoms with Crippen molar-refractivity contribution in [1.82, 2.24) is 5.32 Å². The Balaban J connectivity index is 3.53. The minimum atomic E-state index is -0.470. The molecule has 0 aliphatic rings. The lowest BCUT2D eigenvalue weighted by atomic mass is 10.2. The van der Waals surface area contributed by atoms with E-state index in [-0.39, 0.29) is 6.04 Å². The quantitative estimate of drug-likeness (QED) is 0.567. The Kier molecular flexibility index (Phi) is 8.65. The maximum atomic E-state index is 9.44. The van der Waals surface area contributed by atoms with Gasteiger partial charge in [0.2, 0.25) is 0 Å². The van der Waals surface area contributed by atoms with Crippen LogP contribution >= 0.6 is 0 Å². The van der Waals surface area contributed by atoms with Gasteiger partial charge in [-0.1, -0.05) is 19.3 Å². The average Bonchev–Trinajstić information content (AvgIpc) is 2.21. The molecule has 0 rings (SSSR count). The highest BCUT2D eigenvalue weighted by Gasteiger charge is 2.07. The summed E-state index contributed by atoms with van der Waals surface area (Å²) < 4.78 is 5.08. The molecule has 3 heteroatoms. The van der Waals surface area contributed by atoms with E-state index >= 15 is 0 Å². The van der Waals surface area contributed by atoms with Crippen molar-refractivity contribution in [3.05, 3.63) is 0 Å². The van der Waals surface area contributed by atoms with Crippen molar-refractivity contribution >= 4 is 0 Å². The fourth-order valence-electron chi connectivity index (χ4n) is 1.12. The van der Waals surface area contributed by atoms with Gasteiger partial charge in [-0.15, -0.1) is 6.42 Å². The third kappa shape index (κ3) is 6.90. The highest BCUT2D eigenvalue weighted by Crippen LogP contribution is 1.95. The van der Waals surface area contributed by atoms with Gasteiger partial charge in [-0.25, -0.2) is 0 Å². The second-order valence-corrected chi connectivity index (χ2v) is 3.23. The van der Waals surface area contributed by atoms with Crippen LogP contribution in [0.3, 0.4) is 0 Å². The van der Waals surface area contributed by atoms with Crippen LogP contribution in [0.1, 0.15) is 26.7 Å². The van der Waals surface area contributed by atoms with Crippen molar-refractivity contribution in [2.24, 2.45) is 0 Å². The van der Waals surface area contributed by atoms with Crippen molar-refractivity contribution in [2.45, 2.75) is 38.8 Å². The summed E-state index contributed by atoms with van der Waals surface area (Å²) in [7, 11) is 0. The highest BCUT2D eigenvalue weighted by molar-refractivity contribution is 4.98. The van der Waals surface area contributed by atoms with E-state index in [0.29, 0.717) is 19.8 Å². The van der Waals surface area contributed by atoms with E-state index < -0.39 is 6.10 Å². The van der Waals surface area contributed by atoms with Crippen LogP contribution in [0, 0.1) is 12.3 Å². The number of aliphatic hydroxyl groups excluding tert-OH is 1. The molecule has 0 bridgehead atoms. The Hall–Kier alpha value is -0.560. The van der Waals surface area contributed by atoms with Crippen molar-refractivity contribution in [3.63, 3.8) is 0 Å². The number of rotatable bonds is 8. The molecule has 0 saturated carbocycles. The first-order valence-electron chi connectivity index (χ1n) is 5.19. The monoisotopic (exact) mass is 199 g/mol. The van der Waals surface area contributed by atoms with Gasteiger partial charge in [0.1, 0.15) is 0 Å². The fourth-order valence-corrected chi connectivity index (χ4v) is 1.12. The average molecular weight is 199 g/mol. The first-order chi connectivity index (χ1) is 6.74. The summed E-state index contributed by atoms with van der Waals surface area (Å²) in [5.74, 6) is 2.65. The summed E-state index contributed by atoms with van der Waals surface area (Å²) in [4.78, 5) is 0. The maximum absolute atomic E-state index is 9.44. The normalized spacial score (nSPS) is 14.7. The molecule has 0 spiro atoms. The van der Waals surface area contributed by atoms with Crippen molar-refractivity contribution in [1.29, 1.82) is 0 Å². The maximum Gasteiger partial charge on any atom is 0.0898 e. The first kappa shape index (κ1) is 13.4. The molecule has 0 radical (unpaired) electrons. The third-order valence-electron chi connectivity index (χ3n) is 1.89. The first-order valence-corrected chi connectivity index (χ1v) is 5.19. The molecule has 3 nitrogen and oxygen atoms in total. The SMILES string of the molecule is C#CC(CCC)NCC(O)COCC. The molecule has 82 valence electrons. The van der Waals surface area contributed by atoms with Crippen LogP contribution in [0.15, 0.2) is 0 Å². The fraction of sp³-hybridized carbons (Fsp3) is 0.818. The molecule has 0 aromatic heterocycles. The molecule has 0 aliphatic heterocycles. The van der Waals surface area contributed by atoms with Gasteiger partial charge in [0.05, 0.1) is 18.8 Å². The van der Waals surface area contributed by atoms with Crippen molar-refractivity contribution < 1.29 is 9.84 Å². The van der Waals surface area contributed by atoms with Crippen LogP contribution in [0.25, 0.3) is 0 Å². The Morgan fingerprint density at radius 1 is 1.50 bits per heavy atom. The van der Waals surface area contributed by atoms with Gasteiger partial charge in [-0.3, -0.25) is 0 Å². The molecule has 14 heavy (non-hydrogen) atoms. The van der Waals surface area contributed by atoms with Gasteiger partial charge in [0.25, 0.3) is 0 Å². The molecule has 0 heterocycles. The van der Waals surface area contributed by atoms with Gasteiger partial charge in [0, 0.05) is 13.2 Å². The molecule has 2 unspecified atom stereocenters. The summed E-state index contributed by atoms with van der Waals surface area (Å²) in [5, 5.41) is 12.5. The lowest BCUT2D eigenvalue weighted by Crippen LogP contribution is -2.36. The largest absolute Gasteiger partial charge is 0.389 e. The number of hydrogen-bond acceptors (Lipinski definition) is 3. The number of nitrogens with one attached hydrogen (secondary N) is 1. The summed E-state index contributed by atoms with van der Waals surface area (Å²) >= 11 is 0. The van der Waals surface area contributed by atoms with E-state index in [2.05, 4.69) is 18.2 Å². The number of terminal acetylenes is 1. The van der Waals surface area contributed by atoms with Crippen LogP contribution in [0.5, 0.6) is 0 Å². The zero-order chi connectivity index (χ0) is 10.8. The van der Waals surface area contributed by atoms with Gasteiger partial charge < -0.3 is 15.2 Å². The van der Waals surface area contributed by atoms with Crippen LogP contribution < -0.4 is 5.32 Å². The van der Waals surface area contributed by atoms with Crippen molar-refractivity contribution in [2.75, 3.05) is 19.8 Å². The van der Waals surface area contributed by atoms with E-state index in [9.17, 15) is 5.11 Å². The predicted molar refractivity (Wildman–Crippen MR) is 58.0 cm³/mol. The summed E-state index contributed by atoms with van der Waals surface area (Å²) in [6.45, 7) is 5.48. The van der Waals surface area contributed by atoms with Crippen LogP contribution in [0.2, 0.25) is 0 Å². The molecule has 0 aliphatic carbocycles. The lowest BCUT2D eigenvalue weighted by Gasteiger charge is -2.15. The van der Waals surface area contributed by atoms with Gasteiger partial charge in [-0.05, 0) is 13.3 Å². The topological polar surface area (TPSA) is 41.5 Å². The third-order valence-corrected chi connectivity index (χ3v) is 1.89. The van der Waals surface area contributed by atoms with E-state index in [1.807, 2.05) is 6.92 Å². The molecule has 0 saturated heterocycles. The minimum Gasteiger partial charge on any atom is -0.389 e. The molecule has 0 aromatic rings. The minimum absolute atomic E-state index is 0.0660. The van der Waals surface area contributed by atoms with Gasteiger partial charge in [0.15, 0.2) is 0 Å². The van der Waals surface area contributed by atoms with E-state index in [1.165, 1.54) is 0 Å². The van der Waals surface area contributed by atoms with Gasteiger partial charge in [-0.2, -0.15) is 0 Å². The summed E-state index contributed by atoms with van der Waals surface area (Å²) in [6.07, 6.45) is 6.84. The zero-order valence-corrected chi connectivity index (χ0v) is 9.12. The molecule has 0 fully saturated rings. The van der Waals surface area contributed by atoms with Crippen molar-refractivity contribution in [3.8, 4) is 12.3 Å². The molecule has 0 aromatic carbocycles. The van der Waals surface area contributed by atoms with E-state index in [0.717, 1.165) is 12.8 Å². The van der Waals surface area contributed by atoms with E-state index in [4.69, 9.17) is 11.2 Å². The Morgan fingerprint density at radius 2 is 2.21 bits per heavy atom. The molecule has 0 amide bonds. The highest BCUT2D eigenvalue weighted by atomic mass is 16.5.